The molecule has 0 aliphatic carbocycles. The van der Waals surface area contributed by atoms with Crippen LogP contribution in [0.1, 0.15) is 19.3 Å². The van der Waals surface area contributed by atoms with Gasteiger partial charge >= 0.3 is 0 Å². The second kappa shape index (κ2) is 9.00. The lowest BCUT2D eigenvalue weighted by Crippen LogP contribution is -2.53. The van der Waals surface area contributed by atoms with Crippen molar-refractivity contribution >= 4 is 17.5 Å². The van der Waals surface area contributed by atoms with Gasteiger partial charge in [0.25, 0.3) is 5.91 Å². The number of amides is 2. The molecular weight excluding hydrogens is 334 g/mol. The van der Waals surface area contributed by atoms with Crippen LogP contribution in [0.3, 0.4) is 0 Å². The Hall–Kier alpha value is -2.12. The standard InChI is InChI=1S/C19H27N3O4/c1-25-16-7-5-6-15(12-16)20-18(23)14-21-10-11-26-17(13-21)19(24)22-8-3-2-4-9-22/h5-7,12,17H,2-4,8-11,13-14H2,1H3,(H,20,23). The number of carbonyl (C=O) groups excluding carboxylic acids is 2. The molecule has 1 aromatic rings. The lowest BCUT2D eigenvalue weighted by Gasteiger charge is -2.35. The molecule has 1 atom stereocenters. The van der Waals surface area contributed by atoms with Crippen LogP contribution in [0.2, 0.25) is 0 Å². The first kappa shape index (κ1) is 18.7. The van der Waals surface area contributed by atoms with Crippen molar-refractivity contribution < 1.29 is 19.1 Å². The van der Waals surface area contributed by atoms with Crippen LogP contribution in [0, 0.1) is 0 Å². The Morgan fingerprint density at radius 3 is 2.81 bits per heavy atom. The maximum atomic E-state index is 12.6. The molecule has 0 radical (unpaired) electrons. The Morgan fingerprint density at radius 1 is 1.23 bits per heavy atom. The van der Waals surface area contributed by atoms with Gasteiger partial charge in [0, 0.05) is 37.9 Å². The van der Waals surface area contributed by atoms with E-state index in [9.17, 15) is 9.59 Å². The zero-order valence-electron chi connectivity index (χ0n) is 15.3. The maximum Gasteiger partial charge on any atom is 0.253 e. The van der Waals surface area contributed by atoms with Gasteiger partial charge in [-0.2, -0.15) is 0 Å². The van der Waals surface area contributed by atoms with E-state index in [1.807, 2.05) is 28.0 Å². The van der Waals surface area contributed by atoms with Crippen LogP contribution in [0.5, 0.6) is 5.75 Å². The maximum absolute atomic E-state index is 12.6. The monoisotopic (exact) mass is 361 g/mol. The van der Waals surface area contributed by atoms with Crippen molar-refractivity contribution in [2.24, 2.45) is 0 Å². The smallest absolute Gasteiger partial charge is 0.253 e. The van der Waals surface area contributed by atoms with Gasteiger partial charge in [0.15, 0.2) is 0 Å². The molecule has 0 bridgehead atoms. The molecule has 142 valence electrons. The zero-order chi connectivity index (χ0) is 18.4. The fourth-order valence-corrected chi connectivity index (χ4v) is 3.42. The first-order chi connectivity index (χ1) is 12.7. The van der Waals surface area contributed by atoms with Crippen molar-refractivity contribution in [2.75, 3.05) is 51.8 Å². The Morgan fingerprint density at radius 2 is 2.04 bits per heavy atom. The van der Waals surface area contributed by atoms with Crippen LogP contribution in [0.15, 0.2) is 24.3 Å². The molecule has 2 amide bonds. The van der Waals surface area contributed by atoms with E-state index in [0.717, 1.165) is 25.9 Å². The van der Waals surface area contributed by atoms with Gasteiger partial charge in [0.1, 0.15) is 11.9 Å². The first-order valence-corrected chi connectivity index (χ1v) is 9.22. The second-order valence-electron chi connectivity index (χ2n) is 6.76. The minimum atomic E-state index is -0.466. The number of rotatable bonds is 5. The molecule has 26 heavy (non-hydrogen) atoms. The number of carbonyl (C=O) groups is 2. The molecule has 2 heterocycles. The number of nitrogens with zero attached hydrogens (tertiary/aromatic N) is 2. The van der Waals surface area contributed by atoms with Gasteiger partial charge in [-0.1, -0.05) is 6.07 Å². The molecule has 0 saturated carbocycles. The van der Waals surface area contributed by atoms with E-state index in [4.69, 9.17) is 9.47 Å². The summed E-state index contributed by atoms with van der Waals surface area (Å²) in [5, 5.41) is 2.87. The fourth-order valence-electron chi connectivity index (χ4n) is 3.42. The highest BCUT2D eigenvalue weighted by molar-refractivity contribution is 5.92. The summed E-state index contributed by atoms with van der Waals surface area (Å²) in [4.78, 5) is 28.8. The van der Waals surface area contributed by atoms with Crippen molar-refractivity contribution in [3.63, 3.8) is 0 Å². The fraction of sp³-hybridized carbons (Fsp3) is 0.579. The van der Waals surface area contributed by atoms with Crippen molar-refractivity contribution in [1.82, 2.24) is 9.80 Å². The molecular formula is C19H27N3O4. The lowest BCUT2D eigenvalue weighted by atomic mass is 10.1. The van der Waals surface area contributed by atoms with E-state index >= 15 is 0 Å². The Kier molecular flexibility index (Phi) is 6.46. The van der Waals surface area contributed by atoms with Gasteiger partial charge in [-0.3, -0.25) is 14.5 Å². The summed E-state index contributed by atoms with van der Waals surface area (Å²) in [7, 11) is 1.59. The van der Waals surface area contributed by atoms with E-state index in [0.29, 0.717) is 31.1 Å². The third-order valence-electron chi connectivity index (χ3n) is 4.81. The van der Waals surface area contributed by atoms with Crippen molar-refractivity contribution in [2.45, 2.75) is 25.4 Å². The minimum Gasteiger partial charge on any atom is -0.497 e. The third kappa shape index (κ3) is 4.95. The van der Waals surface area contributed by atoms with E-state index in [1.54, 1.807) is 13.2 Å². The lowest BCUT2D eigenvalue weighted by molar-refractivity contribution is -0.151. The largest absolute Gasteiger partial charge is 0.497 e. The summed E-state index contributed by atoms with van der Waals surface area (Å²) in [6.45, 7) is 3.45. The average Bonchev–Trinajstić information content (AvgIpc) is 2.68. The summed E-state index contributed by atoms with van der Waals surface area (Å²) in [5.74, 6) is 0.647. The highest BCUT2D eigenvalue weighted by atomic mass is 16.5. The van der Waals surface area contributed by atoms with Gasteiger partial charge in [-0.05, 0) is 31.4 Å². The van der Waals surface area contributed by atoms with Crippen LogP contribution in [0.25, 0.3) is 0 Å². The minimum absolute atomic E-state index is 0.0580. The second-order valence-corrected chi connectivity index (χ2v) is 6.76. The molecule has 7 heteroatoms. The van der Waals surface area contributed by atoms with Crippen LogP contribution in [-0.4, -0.2) is 74.2 Å². The van der Waals surface area contributed by atoms with Gasteiger partial charge < -0.3 is 19.7 Å². The summed E-state index contributed by atoms with van der Waals surface area (Å²) >= 11 is 0. The van der Waals surface area contributed by atoms with Crippen molar-refractivity contribution in [3.05, 3.63) is 24.3 Å². The van der Waals surface area contributed by atoms with Crippen LogP contribution in [-0.2, 0) is 14.3 Å². The van der Waals surface area contributed by atoms with Gasteiger partial charge in [0.05, 0.1) is 20.3 Å². The number of ether oxygens (including phenoxy) is 2. The summed E-state index contributed by atoms with van der Waals surface area (Å²) in [6, 6.07) is 7.26. The number of nitrogens with one attached hydrogen (secondary N) is 1. The number of piperidine rings is 1. The van der Waals surface area contributed by atoms with E-state index < -0.39 is 6.10 Å². The molecule has 2 aliphatic rings. The van der Waals surface area contributed by atoms with E-state index in [-0.39, 0.29) is 18.4 Å². The number of morpholine rings is 1. The highest BCUT2D eigenvalue weighted by Crippen LogP contribution is 2.17. The van der Waals surface area contributed by atoms with Crippen LogP contribution in [0.4, 0.5) is 5.69 Å². The third-order valence-corrected chi connectivity index (χ3v) is 4.81. The number of anilines is 1. The quantitative estimate of drug-likeness (QED) is 0.857. The normalized spacial score (nSPS) is 21.3. The molecule has 3 rings (SSSR count). The average molecular weight is 361 g/mol. The molecule has 1 N–H and O–H groups in total. The molecule has 2 aliphatic heterocycles. The Bertz CT molecular complexity index is 631. The van der Waals surface area contributed by atoms with E-state index in [2.05, 4.69) is 5.32 Å². The first-order valence-electron chi connectivity index (χ1n) is 9.22. The molecule has 0 aromatic heterocycles. The Balaban J connectivity index is 1.50. The molecule has 1 aromatic carbocycles. The SMILES string of the molecule is COc1cccc(NC(=O)CN2CCOC(C(=O)N3CCCCC3)C2)c1. The number of likely N-dealkylation sites (tertiary alicyclic amines) is 1. The zero-order valence-corrected chi connectivity index (χ0v) is 15.3. The van der Waals surface area contributed by atoms with Crippen LogP contribution >= 0.6 is 0 Å². The van der Waals surface area contributed by atoms with Crippen molar-refractivity contribution in [3.8, 4) is 5.75 Å². The molecule has 1 unspecified atom stereocenters. The molecule has 7 nitrogen and oxygen atoms in total. The molecule has 0 spiro atoms. The number of hydrogen-bond acceptors (Lipinski definition) is 5. The van der Waals surface area contributed by atoms with Crippen LogP contribution < -0.4 is 10.1 Å². The predicted molar refractivity (Wildman–Crippen MR) is 98.2 cm³/mol. The summed E-state index contributed by atoms with van der Waals surface area (Å²) < 4.78 is 10.8. The molecule has 2 saturated heterocycles. The predicted octanol–water partition coefficient (Wildman–Crippen LogP) is 1.35. The van der Waals surface area contributed by atoms with Gasteiger partial charge in [0.2, 0.25) is 5.91 Å². The van der Waals surface area contributed by atoms with Gasteiger partial charge in [-0.25, -0.2) is 0 Å². The number of hydrogen-bond donors (Lipinski definition) is 1. The summed E-state index contributed by atoms with van der Waals surface area (Å²) in [6.07, 6.45) is 2.84. The highest BCUT2D eigenvalue weighted by Gasteiger charge is 2.31. The number of benzene rings is 1. The van der Waals surface area contributed by atoms with Gasteiger partial charge in [-0.15, -0.1) is 0 Å². The molecule has 2 fully saturated rings. The summed E-state index contributed by atoms with van der Waals surface area (Å²) in [5.41, 5.74) is 0.698. The van der Waals surface area contributed by atoms with E-state index in [1.165, 1.54) is 6.42 Å². The Labute approximate surface area is 154 Å². The topological polar surface area (TPSA) is 71.1 Å². The van der Waals surface area contributed by atoms with Crippen molar-refractivity contribution in [1.29, 1.82) is 0 Å². The number of methoxy groups -OCH3 is 1.